The number of phenolic OH excluding ortho intramolecular Hbond substituents is 1. The monoisotopic (exact) mass is 790 g/mol. The van der Waals surface area contributed by atoms with E-state index in [4.69, 9.17) is 16.3 Å². The zero-order valence-electron chi connectivity index (χ0n) is 26.7. The molecule has 0 fully saturated rings. The largest absolute Gasteiger partial charge is 1.00 e. The summed E-state index contributed by atoms with van der Waals surface area (Å²) < 4.78 is 114. The van der Waals surface area contributed by atoms with Crippen LogP contribution in [0, 0.1) is 0 Å². The predicted octanol–water partition coefficient (Wildman–Crippen LogP) is -5.16. The van der Waals surface area contributed by atoms with Gasteiger partial charge in [-0.3, -0.25) is 0 Å². The Balaban J connectivity index is 0.00000289. The summed E-state index contributed by atoms with van der Waals surface area (Å²) in [5.41, 5.74) is -1.25. The fourth-order valence-electron chi connectivity index (χ4n) is 4.57. The Kier molecular flexibility index (Phi) is 15.2. The third-order valence-corrected chi connectivity index (χ3v) is 9.41. The fourth-order valence-corrected chi connectivity index (χ4v) is 6.87. The second-order valence-corrected chi connectivity index (χ2v) is 13.8. The average molecular weight is 791 g/mol. The minimum absolute atomic E-state index is 0. The average Bonchev–Trinajstić information content (AvgIpc) is 2.97. The predicted molar refractivity (Wildman–Crippen MR) is 162 cm³/mol. The molecule has 0 aliphatic heterocycles. The van der Waals surface area contributed by atoms with Gasteiger partial charge in [-0.15, -0.1) is 10.2 Å². The number of aromatic nitrogens is 3. The molecule has 0 radical (unpaired) electrons. The van der Waals surface area contributed by atoms with Crippen molar-refractivity contribution in [3.63, 3.8) is 0 Å². The van der Waals surface area contributed by atoms with Crippen LogP contribution >= 0.6 is 11.6 Å². The topological polar surface area (TPSA) is 268 Å². The molecule has 0 saturated carbocycles. The van der Waals surface area contributed by atoms with Crippen molar-refractivity contribution >= 4 is 86.5 Å². The van der Waals surface area contributed by atoms with Gasteiger partial charge in [0.15, 0.2) is 5.75 Å². The molecule has 246 valence electrons. The maximum atomic E-state index is 12.3. The van der Waals surface area contributed by atoms with E-state index in [0.717, 1.165) is 36.4 Å². The summed E-state index contributed by atoms with van der Waals surface area (Å²) in [6, 6.07) is 9.86. The van der Waals surface area contributed by atoms with Gasteiger partial charge in [-0.25, -0.2) is 25.3 Å². The minimum Gasteiger partial charge on any atom is -0.744 e. The number of nitrogens with zero attached hydrogens (tertiary/aromatic N) is 6. The van der Waals surface area contributed by atoms with Gasteiger partial charge < -0.3 is 28.4 Å². The summed E-state index contributed by atoms with van der Waals surface area (Å²) in [5.74, 6) is -0.803. The van der Waals surface area contributed by atoms with Crippen LogP contribution < -0.4 is 98.3 Å². The van der Waals surface area contributed by atoms with Crippen LogP contribution in [0.15, 0.2) is 79.5 Å². The van der Waals surface area contributed by atoms with E-state index in [9.17, 15) is 44.0 Å². The van der Waals surface area contributed by atoms with Crippen molar-refractivity contribution in [1.82, 2.24) is 15.0 Å². The molecule has 1 aromatic heterocycles. The molecule has 4 aromatic carbocycles. The molecule has 24 heteroatoms. The fraction of sp³-hybridized carbons (Fsp3) is 0.115. The van der Waals surface area contributed by atoms with Crippen LogP contribution in [0.25, 0.3) is 21.5 Å². The number of benzene rings is 4. The molecule has 0 aliphatic carbocycles. The van der Waals surface area contributed by atoms with Crippen molar-refractivity contribution in [1.29, 1.82) is 0 Å². The van der Waals surface area contributed by atoms with Crippen molar-refractivity contribution in [2.24, 2.45) is 10.2 Å². The van der Waals surface area contributed by atoms with Crippen molar-refractivity contribution in [3.05, 3.63) is 59.9 Å². The normalized spacial score (nSPS) is 11.9. The molecule has 0 amide bonds. The molecule has 1 heterocycles. The Hall–Kier alpha value is -1.57. The first-order valence-corrected chi connectivity index (χ1v) is 17.4. The number of halogens is 1. The summed E-state index contributed by atoms with van der Waals surface area (Å²) in [4.78, 5) is 10.5. The second-order valence-electron chi connectivity index (χ2n) is 9.48. The van der Waals surface area contributed by atoms with Crippen molar-refractivity contribution in [2.45, 2.75) is 21.6 Å². The molecule has 0 spiro atoms. The molecule has 0 bridgehead atoms. The quantitative estimate of drug-likeness (QED) is 0.0831. The third kappa shape index (κ3) is 9.50. The van der Waals surface area contributed by atoms with E-state index >= 15 is 0 Å². The summed E-state index contributed by atoms with van der Waals surface area (Å²) in [6.45, 7) is 1.95. The maximum absolute atomic E-state index is 12.3. The smallest absolute Gasteiger partial charge is 0.744 e. The second kappa shape index (κ2) is 17.1. The number of azo groups is 1. The van der Waals surface area contributed by atoms with Crippen LogP contribution in [-0.4, -0.2) is 72.6 Å². The Morgan fingerprint density at radius 2 is 1.44 bits per heavy atom. The first-order valence-electron chi connectivity index (χ1n) is 12.8. The number of hydrogen-bond donors (Lipinski definition) is 1. The van der Waals surface area contributed by atoms with Crippen LogP contribution in [0.5, 0.6) is 11.8 Å². The number of fused-ring (bicyclic) bond motifs is 2. The van der Waals surface area contributed by atoms with E-state index in [1.54, 1.807) is 6.92 Å². The number of hydrogen-bond acceptors (Lipinski definition) is 17. The summed E-state index contributed by atoms with van der Waals surface area (Å²) >= 11 is 5.97. The molecular weight excluding hydrogens is 773 g/mol. The first kappa shape index (κ1) is 44.6. The van der Waals surface area contributed by atoms with Crippen molar-refractivity contribution in [3.8, 4) is 11.8 Å². The van der Waals surface area contributed by atoms with E-state index < -0.39 is 72.9 Å². The Labute approximate surface area is 356 Å². The Bertz CT molecular complexity index is 2480. The minimum atomic E-state index is -5.43. The first-order chi connectivity index (χ1) is 21.9. The van der Waals surface area contributed by atoms with E-state index in [2.05, 4.69) is 25.2 Å². The number of aromatic hydroxyl groups is 1. The number of ether oxygens (including phenoxy) is 1. The van der Waals surface area contributed by atoms with Gasteiger partial charge in [0.2, 0.25) is 11.2 Å². The van der Waals surface area contributed by atoms with Crippen LogP contribution in [0.3, 0.4) is 0 Å². The van der Waals surface area contributed by atoms with Crippen molar-refractivity contribution in [2.75, 3.05) is 18.6 Å². The van der Waals surface area contributed by atoms with Crippen LogP contribution in [0.1, 0.15) is 6.92 Å². The zero-order chi connectivity index (χ0) is 34.5. The van der Waals surface area contributed by atoms with Gasteiger partial charge in [0.05, 0.1) is 21.3 Å². The van der Waals surface area contributed by atoms with Crippen molar-refractivity contribution < 1.29 is 137 Å². The van der Waals surface area contributed by atoms with E-state index in [0.29, 0.717) is 5.69 Å². The van der Waals surface area contributed by atoms with Crippen LogP contribution in [0.2, 0.25) is 5.28 Å². The van der Waals surface area contributed by atoms with E-state index in [-0.39, 0.29) is 123 Å². The van der Waals surface area contributed by atoms with E-state index in [1.807, 2.05) is 0 Å². The Morgan fingerprint density at radius 1 is 0.800 bits per heavy atom. The molecule has 5 aromatic rings. The van der Waals surface area contributed by atoms with Gasteiger partial charge in [0.25, 0.3) is 0 Å². The standard InChI is InChI=1S/C26H21ClN6O11S3.3Na/c1-3-44-26-29-24(27)28-25(30-26)33(2)14-7-8-15-13(11-14)12-20(46(38,39)40)21(22(15)34)32-31-18-10-9-16-17(23(18)47(41,42)43)5-4-6-19(16)45(35,36)37;;;/h4-12,34H,3H2,1-2H3,(H,35,36,37)(H,38,39,40)(H,41,42,43);;;/q;3*+1/p-3. The molecule has 0 aliphatic rings. The summed E-state index contributed by atoms with van der Waals surface area (Å²) in [6.07, 6.45) is 0. The number of anilines is 2. The van der Waals surface area contributed by atoms with Gasteiger partial charge in [0, 0.05) is 28.9 Å². The summed E-state index contributed by atoms with van der Waals surface area (Å²) in [7, 11) is -14.4. The molecule has 1 N–H and O–H groups in total. The molecule has 0 unspecified atom stereocenters. The molecule has 5 rings (SSSR count). The molecule has 17 nitrogen and oxygen atoms in total. The molecule has 50 heavy (non-hydrogen) atoms. The van der Waals surface area contributed by atoms with E-state index in [1.165, 1.54) is 30.1 Å². The SMILES string of the molecule is CCOc1nc(Cl)nc(N(C)c2ccc3c(O)c(N=Nc4ccc5c(S(=O)(=O)[O-])cccc5c4S(=O)(=O)[O-])c(S(=O)(=O)[O-])cc3c2)n1.[Na+].[Na+].[Na+]. The number of phenols is 1. The van der Waals surface area contributed by atoms with Crippen LogP contribution in [-0.2, 0) is 30.4 Å². The number of rotatable bonds is 9. The van der Waals surface area contributed by atoms with Crippen LogP contribution in [0.4, 0.5) is 23.0 Å². The third-order valence-electron chi connectivity index (χ3n) is 6.57. The van der Waals surface area contributed by atoms with Gasteiger partial charge in [0.1, 0.15) is 41.7 Å². The molecule has 0 saturated heterocycles. The Morgan fingerprint density at radius 3 is 2.04 bits per heavy atom. The molecular formula is C26H18ClN6Na3O11S3. The van der Waals surface area contributed by atoms with Gasteiger partial charge in [-0.05, 0) is 60.3 Å². The van der Waals surface area contributed by atoms with Gasteiger partial charge in [-0.1, -0.05) is 18.2 Å². The summed E-state index contributed by atoms with van der Waals surface area (Å²) in [5, 5.41) is 17.3. The zero-order valence-corrected chi connectivity index (χ0v) is 35.9. The maximum Gasteiger partial charge on any atom is 1.00 e. The van der Waals surface area contributed by atoms with Gasteiger partial charge in [-0.2, -0.15) is 15.0 Å². The molecule has 0 atom stereocenters. The van der Waals surface area contributed by atoms with Gasteiger partial charge >= 0.3 is 94.7 Å².